The van der Waals surface area contributed by atoms with E-state index in [4.69, 9.17) is 4.74 Å². The van der Waals surface area contributed by atoms with Crippen molar-refractivity contribution in [1.29, 1.82) is 0 Å². The molecule has 2 atom stereocenters. The van der Waals surface area contributed by atoms with Gasteiger partial charge in [0.15, 0.2) is 5.12 Å². The zero-order valence-corrected chi connectivity index (χ0v) is 12.9. The fourth-order valence-electron chi connectivity index (χ4n) is 2.33. The predicted molar refractivity (Wildman–Crippen MR) is 83.6 cm³/mol. The van der Waals surface area contributed by atoms with E-state index in [1.807, 2.05) is 24.3 Å². The van der Waals surface area contributed by atoms with Crippen molar-refractivity contribution in [3.63, 3.8) is 0 Å². The van der Waals surface area contributed by atoms with Crippen LogP contribution in [0.5, 0.6) is 0 Å². The summed E-state index contributed by atoms with van der Waals surface area (Å²) in [5.74, 6) is 0.188. The maximum absolute atomic E-state index is 11.0. The lowest BCUT2D eigenvalue weighted by molar-refractivity contribution is -0.109. The maximum atomic E-state index is 11.0. The van der Waals surface area contributed by atoms with E-state index in [0.717, 1.165) is 30.5 Å². The van der Waals surface area contributed by atoms with Crippen LogP contribution < -0.4 is 4.90 Å². The Hall–Kier alpha value is -1.08. The van der Waals surface area contributed by atoms with Crippen LogP contribution in [0.15, 0.2) is 24.3 Å². The number of morpholine rings is 1. The van der Waals surface area contributed by atoms with Gasteiger partial charge in [-0.1, -0.05) is 30.0 Å². The Morgan fingerprint density at radius 3 is 2.67 bits per heavy atom. The van der Waals surface area contributed by atoms with E-state index in [1.165, 1.54) is 6.92 Å². The lowest BCUT2D eigenvalue weighted by Gasteiger charge is -2.32. The molecule has 2 N–H and O–H groups in total. The monoisotopic (exact) mass is 311 g/mol. The molecule has 0 saturated carbocycles. The van der Waals surface area contributed by atoms with Crippen molar-refractivity contribution in [1.82, 2.24) is 0 Å². The minimum atomic E-state index is -1.00. The van der Waals surface area contributed by atoms with E-state index in [-0.39, 0.29) is 10.9 Å². The van der Waals surface area contributed by atoms with Crippen molar-refractivity contribution in [3.05, 3.63) is 29.8 Å². The highest BCUT2D eigenvalue weighted by atomic mass is 32.2. The Morgan fingerprint density at radius 2 is 2.00 bits per heavy atom. The molecule has 0 radical (unpaired) electrons. The van der Waals surface area contributed by atoms with Crippen LogP contribution in [0.4, 0.5) is 5.69 Å². The SMILES string of the molecule is CC(=O)SCC(O)C(O)c1ccccc1N1CCOCC1. The van der Waals surface area contributed by atoms with Gasteiger partial charge in [0.2, 0.25) is 0 Å². The maximum Gasteiger partial charge on any atom is 0.185 e. The summed E-state index contributed by atoms with van der Waals surface area (Å²) in [5.41, 5.74) is 1.61. The van der Waals surface area contributed by atoms with Crippen molar-refractivity contribution in [3.8, 4) is 0 Å². The van der Waals surface area contributed by atoms with E-state index >= 15 is 0 Å². The van der Waals surface area contributed by atoms with Crippen LogP contribution in [-0.2, 0) is 9.53 Å². The Balaban J connectivity index is 2.12. The molecule has 1 aliphatic rings. The van der Waals surface area contributed by atoms with Crippen molar-refractivity contribution in [2.75, 3.05) is 37.0 Å². The lowest BCUT2D eigenvalue weighted by Crippen LogP contribution is -2.37. The third-order valence-corrected chi connectivity index (χ3v) is 4.34. The molecule has 1 saturated heterocycles. The first-order valence-corrected chi connectivity index (χ1v) is 7.99. The molecule has 1 heterocycles. The largest absolute Gasteiger partial charge is 0.389 e. The molecule has 1 aliphatic heterocycles. The first-order chi connectivity index (χ1) is 10.1. The van der Waals surface area contributed by atoms with E-state index in [9.17, 15) is 15.0 Å². The molecule has 2 rings (SSSR count). The van der Waals surface area contributed by atoms with Gasteiger partial charge in [-0.3, -0.25) is 4.79 Å². The first-order valence-electron chi connectivity index (χ1n) is 7.00. The second kappa shape index (κ2) is 7.79. The predicted octanol–water partition coefficient (Wildman–Crippen LogP) is 1.20. The highest BCUT2D eigenvalue weighted by Crippen LogP contribution is 2.30. The summed E-state index contributed by atoms with van der Waals surface area (Å²) in [7, 11) is 0. The molecule has 0 spiro atoms. The number of anilines is 1. The number of benzene rings is 1. The van der Waals surface area contributed by atoms with Gasteiger partial charge in [0.05, 0.1) is 19.3 Å². The number of ether oxygens (including phenoxy) is 1. The molecule has 1 aromatic rings. The molecule has 1 aromatic carbocycles. The molecule has 116 valence electrons. The summed E-state index contributed by atoms with van der Waals surface area (Å²) in [5, 5.41) is 20.4. The Kier molecular flexibility index (Phi) is 6.05. The van der Waals surface area contributed by atoms with E-state index in [1.54, 1.807) is 0 Å². The van der Waals surface area contributed by atoms with Gasteiger partial charge in [-0.15, -0.1) is 0 Å². The molecule has 6 heteroatoms. The van der Waals surface area contributed by atoms with Crippen LogP contribution in [0.3, 0.4) is 0 Å². The van der Waals surface area contributed by atoms with Crippen molar-refractivity contribution in [2.24, 2.45) is 0 Å². The number of thioether (sulfide) groups is 1. The molecular formula is C15H21NO4S. The van der Waals surface area contributed by atoms with Crippen LogP contribution in [0, 0.1) is 0 Å². The smallest absolute Gasteiger partial charge is 0.185 e. The molecule has 2 unspecified atom stereocenters. The van der Waals surface area contributed by atoms with E-state index in [0.29, 0.717) is 18.8 Å². The van der Waals surface area contributed by atoms with Crippen molar-refractivity contribution in [2.45, 2.75) is 19.1 Å². The molecule has 21 heavy (non-hydrogen) atoms. The second-order valence-electron chi connectivity index (χ2n) is 4.97. The van der Waals surface area contributed by atoms with Gasteiger partial charge < -0.3 is 19.8 Å². The van der Waals surface area contributed by atoms with Crippen molar-refractivity contribution < 1.29 is 19.7 Å². The number of aliphatic hydroxyl groups excluding tert-OH is 2. The van der Waals surface area contributed by atoms with E-state index < -0.39 is 12.2 Å². The number of carbonyl (C=O) groups is 1. The van der Waals surface area contributed by atoms with Gasteiger partial charge in [0.1, 0.15) is 6.10 Å². The number of carbonyl (C=O) groups excluding carboxylic acids is 1. The number of hydrogen-bond donors (Lipinski definition) is 2. The third kappa shape index (κ3) is 4.44. The summed E-state index contributed by atoms with van der Waals surface area (Å²) in [6.07, 6.45) is -1.98. The summed E-state index contributed by atoms with van der Waals surface area (Å²) >= 11 is 1.02. The molecule has 1 fully saturated rings. The fraction of sp³-hybridized carbons (Fsp3) is 0.533. The molecular weight excluding hydrogens is 290 g/mol. The van der Waals surface area contributed by atoms with Gasteiger partial charge in [-0.05, 0) is 6.07 Å². The molecule has 0 amide bonds. The molecule has 0 aliphatic carbocycles. The topological polar surface area (TPSA) is 70.0 Å². The molecule has 0 bridgehead atoms. The zero-order chi connectivity index (χ0) is 15.2. The minimum Gasteiger partial charge on any atom is -0.389 e. The number of nitrogens with zero attached hydrogens (tertiary/aromatic N) is 1. The van der Waals surface area contributed by atoms with Crippen LogP contribution >= 0.6 is 11.8 Å². The van der Waals surface area contributed by atoms with Gasteiger partial charge in [0.25, 0.3) is 0 Å². The number of para-hydroxylation sites is 1. The fourth-order valence-corrected chi connectivity index (χ4v) is 2.92. The van der Waals surface area contributed by atoms with Gasteiger partial charge in [-0.25, -0.2) is 0 Å². The van der Waals surface area contributed by atoms with Gasteiger partial charge >= 0.3 is 0 Å². The lowest BCUT2D eigenvalue weighted by atomic mass is 10.0. The summed E-state index contributed by atoms with van der Waals surface area (Å²) in [6, 6.07) is 7.51. The third-order valence-electron chi connectivity index (χ3n) is 3.43. The average molecular weight is 311 g/mol. The minimum absolute atomic E-state index is 0.0669. The first kappa shape index (κ1) is 16.3. The van der Waals surface area contributed by atoms with Crippen LogP contribution in [-0.4, -0.2) is 53.5 Å². The summed E-state index contributed by atoms with van der Waals surface area (Å²) in [4.78, 5) is 13.1. The standard InChI is InChI=1S/C15H21NO4S/c1-11(17)21-10-14(18)15(19)12-4-2-3-5-13(12)16-6-8-20-9-7-16/h2-5,14-15,18-19H,6-10H2,1H3. The van der Waals surface area contributed by atoms with Crippen molar-refractivity contribution >= 4 is 22.6 Å². The quantitative estimate of drug-likeness (QED) is 0.851. The Bertz CT molecular complexity index is 476. The van der Waals surface area contributed by atoms with Crippen LogP contribution in [0.2, 0.25) is 0 Å². The highest BCUT2D eigenvalue weighted by molar-refractivity contribution is 8.13. The average Bonchev–Trinajstić information content (AvgIpc) is 2.52. The van der Waals surface area contributed by atoms with Gasteiger partial charge in [0, 0.05) is 37.0 Å². The number of rotatable bonds is 5. The van der Waals surface area contributed by atoms with Crippen LogP contribution in [0.1, 0.15) is 18.6 Å². The Labute approximate surface area is 128 Å². The molecule has 5 nitrogen and oxygen atoms in total. The second-order valence-corrected chi connectivity index (χ2v) is 6.17. The highest BCUT2D eigenvalue weighted by Gasteiger charge is 2.24. The summed E-state index contributed by atoms with van der Waals surface area (Å²) in [6.45, 7) is 4.30. The van der Waals surface area contributed by atoms with E-state index in [2.05, 4.69) is 4.90 Å². The normalized spacial score (nSPS) is 18.3. The van der Waals surface area contributed by atoms with Gasteiger partial charge in [-0.2, -0.15) is 0 Å². The number of aliphatic hydroxyl groups is 2. The zero-order valence-electron chi connectivity index (χ0n) is 12.1. The molecule has 0 aromatic heterocycles. The number of hydrogen-bond acceptors (Lipinski definition) is 6. The summed E-state index contributed by atoms with van der Waals surface area (Å²) < 4.78 is 5.34. The Morgan fingerprint density at radius 1 is 1.33 bits per heavy atom. The van der Waals surface area contributed by atoms with Crippen LogP contribution in [0.25, 0.3) is 0 Å².